The van der Waals surface area contributed by atoms with Gasteiger partial charge in [-0.1, -0.05) is 35.3 Å². The molecule has 1 heterocycles. The predicted octanol–water partition coefficient (Wildman–Crippen LogP) is 3.06. The van der Waals surface area contributed by atoms with Crippen LogP contribution in [0.4, 0.5) is 0 Å². The van der Waals surface area contributed by atoms with Crippen molar-refractivity contribution in [2.45, 2.75) is 6.42 Å². The number of rotatable bonds is 3. The van der Waals surface area contributed by atoms with E-state index >= 15 is 0 Å². The fourth-order valence-corrected chi connectivity index (χ4v) is 2.57. The molecule has 0 unspecified atom stereocenters. The van der Waals surface area contributed by atoms with Crippen LogP contribution in [0.15, 0.2) is 35.7 Å². The molecule has 1 aromatic carbocycles. The predicted molar refractivity (Wildman–Crippen MR) is 80.1 cm³/mol. The standard InChI is InChI=1S/C13H10Cl2N2O2S/c14-9-4-3-8(10(15)7-9)6-12(18)16-17-13(19)11-2-1-5-20-11/h1-5,7H,6H2,(H,16,18)(H,17,19). The van der Waals surface area contributed by atoms with E-state index in [0.717, 1.165) is 0 Å². The third-order valence-corrected chi connectivity index (χ3v) is 3.88. The smallest absolute Gasteiger partial charge is 0.273 e. The zero-order valence-electron chi connectivity index (χ0n) is 10.2. The minimum Gasteiger partial charge on any atom is -0.273 e. The molecule has 0 saturated heterocycles. The Kier molecular flexibility index (Phi) is 5.00. The van der Waals surface area contributed by atoms with E-state index in [1.807, 2.05) is 0 Å². The van der Waals surface area contributed by atoms with Gasteiger partial charge in [-0.25, -0.2) is 0 Å². The molecule has 0 aliphatic carbocycles. The highest BCUT2D eigenvalue weighted by Crippen LogP contribution is 2.21. The monoisotopic (exact) mass is 328 g/mol. The summed E-state index contributed by atoms with van der Waals surface area (Å²) in [5.41, 5.74) is 5.31. The third kappa shape index (κ3) is 3.96. The number of amides is 2. The van der Waals surface area contributed by atoms with Crippen LogP contribution in [-0.4, -0.2) is 11.8 Å². The molecule has 0 bridgehead atoms. The molecular formula is C13H10Cl2N2O2S. The summed E-state index contributed by atoms with van der Waals surface area (Å²) in [6.07, 6.45) is 0.0563. The Labute approximate surface area is 129 Å². The number of carbonyl (C=O) groups is 2. The van der Waals surface area contributed by atoms with E-state index in [1.54, 1.807) is 35.7 Å². The van der Waals surface area contributed by atoms with E-state index in [2.05, 4.69) is 10.9 Å². The summed E-state index contributed by atoms with van der Waals surface area (Å²) in [6.45, 7) is 0. The molecule has 2 rings (SSSR count). The Hall–Kier alpha value is -1.56. The molecule has 7 heteroatoms. The lowest BCUT2D eigenvalue weighted by Gasteiger charge is -2.07. The van der Waals surface area contributed by atoms with Gasteiger partial charge in [-0.05, 0) is 29.1 Å². The second-order valence-electron chi connectivity index (χ2n) is 3.89. The van der Waals surface area contributed by atoms with Gasteiger partial charge >= 0.3 is 0 Å². The topological polar surface area (TPSA) is 58.2 Å². The first-order chi connectivity index (χ1) is 9.56. The average molecular weight is 329 g/mol. The Morgan fingerprint density at radius 1 is 1.15 bits per heavy atom. The van der Waals surface area contributed by atoms with Crippen LogP contribution in [-0.2, 0) is 11.2 Å². The van der Waals surface area contributed by atoms with E-state index in [1.165, 1.54) is 11.3 Å². The van der Waals surface area contributed by atoms with Crippen molar-refractivity contribution in [3.05, 3.63) is 56.2 Å². The van der Waals surface area contributed by atoms with Crippen LogP contribution in [0.25, 0.3) is 0 Å². The number of nitrogens with one attached hydrogen (secondary N) is 2. The van der Waals surface area contributed by atoms with Gasteiger partial charge in [0.2, 0.25) is 5.91 Å². The van der Waals surface area contributed by atoms with Gasteiger partial charge in [0.05, 0.1) is 11.3 Å². The summed E-state index contributed by atoms with van der Waals surface area (Å²) in [7, 11) is 0. The van der Waals surface area contributed by atoms with Gasteiger partial charge in [0.1, 0.15) is 0 Å². The number of thiophene rings is 1. The summed E-state index contributed by atoms with van der Waals surface area (Å²) in [4.78, 5) is 23.8. The van der Waals surface area contributed by atoms with Gasteiger partial charge in [-0.15, -0.1) is 11.3 Å². The largest absolute Gasteiger partial charge is 0.279 e. The molecule has 104 valence electrons. The van der Waals surface area contributed by atoms with Gasteiger partial charge in [0.25, 0.3) is 5.91 Å². The molecule has 0 fully saturated rings. The Balaban J connectivity index is 1.88. The molecular weight excluding hydrogens is 319 g/mol. The van der Waals surface area contributed by atoms with E-state index in [-0.39, 0.29) is 18.2 Å². The molecule has 0 aliphatic rings. The van der Waals surface area contributed by atoms with Crippen molar-refractivity contribution in [3.8, 4) is 0 Å². The van der Waals surface area contributed by atoms with Crippen molar-refractivity contribution in [3.63, 3.8) is 0 Å². The van der Waals surface area contributed by atoms with Gasteiger partial charge < -0.3 is 0 Å². The summed E-state index contributed by atoms with van der Waals surface area (Å²) in [5.74, 6) is -0.713. The molecule has 2 aromatic rings. The van der Waals surface area contributed by atoms with Crippen LogP contribution >= 0.6 is 34.5 Å². The zero-order chi connectivity index (χ0) is 14.5. The number of hydrogen-bond donors (Lipinski definition) is 2. The maximum atomic E-state index is 11.7. The Morgan fingerprint density at radius 2 is 1.95 bits per heavy atom. The molecule has 0 atom stereocenters. The van der Waals surface area contributed by atoms with Crippen molar-refractivity contribution in [1.29, 1.82) is 0 Å². The number of benzene rings is 1. The lowest BCUT2D eigenvalue weighted by Crippen LogP contribution is -2.42. The number of hydrogen-bond acceptors (Lipinski definition) is 3. The van der Waals surface area contributed by atoms with Gasteiger partial charge in [0.15, 0.2) is 0 Å². The van der Waals surface area contributed by atoms with E-state index < -0.39 is 0 Å². The van der Waals surface area contributed by atoms with Crippen LogP contribution < -0.4 is 10.9 Å². The molecule has 2 amide bonds. The highest BCUT2D eigenvalue weighted by Gasteiger charge is 2.10. The Bertz CT molecular complexity index is 629. The highest BCUT2D eigenvalue weighted by molar-refractivity contribution is 7.12. The molecule has 2 N–H and O–H groups in total. The van der Waals surface area contributed by atoms with Crippen LogP contribution in [0.2, 0.25) is 10.0 Å². The summed E-state index contributed by atoms with van der Waals surface area (Å²) in [5, 5.41) is 2.70. The number of hydrazine groups is 1. The third-order valence-electron chi connectivity index (χ3n) is 2.43. The van der Waals surface area contributed by atoms with Crippen molar-refractivity contribution in [2.75, 3.05) is 0 Å². The maximum absolute atomic E-state index is 11.7. The van der Waals surface area contributed by atoms with Crippen molar-refractivity contribution in [1.82, 2.24) is 10.9 Å². The van der Waals surface area contributed by atoms with Crippen molar-refractivity contribution >= 4 is 46.4 Å². The number of carbonyl (C=O) groups excluding carboxylic acids is 2. The fraction of sp³-hybridized carbons (Fsp3) is 0.0769. The number of halogens is 2. The van der Waals surface area contributed by atoms with E-state index in [4.69, 9.17) is 23.2 Å². The molecule has 4 nitrogen and oxygen atoms in total. The maximum Gasteiger partial charge on any atom is 0.279 e. The zero-order valence-corrected chi connectivity index (χ0v) is 12.5. The summed E-state index contributed by atoms with van der Waals surface area (Å²) in [6, 6.07) is 8.32. The fourth-order valence-electron chi connectivity index (χ4n) is 1.48. The highest BCUT2D eigenvalue weighted by atomic mass is 35.5. The van der Waals surface area contributed by atoms with E-state index in [0.29, 0.717) is 20.5 Å². The molecule has 0 radical (unpaired) electrons. The molecule has 1 aromatic heterocycles. The average Bonchev–Trinajstić information content (AvgIpc) is 2.93. The molecule has 0 aliphatic heterocycles. The van der Waals surface area contributed by atoms with Crippen LogP contribution in [0, 0.1) is 0 Å². The second kappa shape index (κ2) is 6.74. The summed E-state index contributed by atoms with van der Waals surface area (Å²) >= 11 is 13.0. The van der Waals surface area contributed by atoms with Gasteiger partial charge in [-0.2, -0.15) is 0 Å². The summed E-state index contributed by atoms with van der Waals surface area (Å²) < 4.78 is 0. The molecule has 0 spiro atoms. The van der Waals surface area contributed by atoms with E-state index in [9.17, 15) is 9.59 Å². The van der Waals surface area contributed by atoms with Crippen molar-refractivity contribution in [2.24, 2.45) is 0 Å². The van der Waals surface area contributed by atoms with Crippen LogP contribution in [0.3, 0.4) is 0 Å². The molecule has 0 saturated carbocycles. The van der Waals surface area contributed by atoms with Gasteiger partial charge in [-0.3, -0.25) is 20.4 Å². The first-order valence-electron chi connectivity index (χ1n) is 5.63. The van der Waals surface area contributed by atoms with Crippen LogP contribution in [0.5, 0.6) is 0 Å². The minimum absolute atomic E-state index is 0.0563. The lowest BCUT2D eigenvalue weighted by molar-refractivity contribution is -0.121. The second-order valence-corrected chi connectivity index (χ2v) is 5.68. The lowest BCUT2D eigenvalue weighted by atomic mass is 10.1. The van der Waals surface area contributed by atoms with Gasteiger partial charge in [0, 0.05) is 10.0 Å². The van der Waals surface area contributed by atoms with Crippen molar-refractivity contribution < 1.29 is 9.59 Å². The normalized spacial score (nSPS) is 10.1. The van der Waals surface area contributed by atoms with Crippen LogP contribution in [0.1, 0.15) is 15.2 Å². The molecule has 20 heavy (non-hydrogen) atoms. The first kappa shape index (κ1) is 14.8. The first-order valence-corrected chi connectivity index (χ1v) is 7.26. The Morgan fingerprint density at radius 3 is 2.60 bits per heavy atom. The quantitative estimate of drug-likeness (QED) is 0.851. The SMILES string of the molecule is O=C(Cc1ccc(Cl)cc1Cl)NNC(=O)c1cccs1. The minimum atomic E-state index is -0.362.